The fourth-order valence-corrected chi connectivity index (χ4v) is 3.84. The van der Waals surface area contributed by atoms with E-state index in [1.54, 1.807) is 12.1 Å². The molecule has 3 aromatic rings. The van der Waals surface area contributed by atoms with Crippen LogP contribution >= 0.6 is 11.6 Å². The fraction of sp³-hybridized carbons (Fsp3) is 0.261. The molecule has 142 valence electrons. The Hall–Kier alpha value is -2.72. The van der Waals surface area contributed by atoms with Crippen LogP contribution in [-0.2, 0) is 0 Å². The minimum absolute atomic E-state index is 0.0278. The number of amides is 1. The number of piperidine rings is 1. The normalized spacial score (nSPS) is 16.8. The van der Waals surface area contributed by atoms with Crippen molar-refractivity contribution in [3.63, 3.8) is 0 Å². The molecule has 0 N–H and O–H groups in total. The second kappa shape index (κ2) is 8.11. The Kier molecular flexibility index (Phi) is 5.40. The lowest BCUT2D eigenvalue weighted by atomic mass is 9.94. The van der Waals surface area contributed by atoms with Gasteiger partial charge >= 0.3 is 0 Å². The van der Waals surface area contributed by atoms with E-state index in [0.29, 0.717) is 17.1 Å². The van der Waals surface area contributed by atoms with Gasteiger partial charge in [-0.05, 0) is 44.0 Å². The number of rotatable bonds is 3. The molecule has 1 saturated heterocycles. The molecular weight excluding hydrogens is 370 g/mol. The highest BCUT2D eigenvalue weighted by Gasteiger charge is 2.26. The maximum atomic E-state index is 12.9. The molecule has 0 spiro atoms. The Morgan fingerprint density at radius 2 is 1.96 bits per heavy atom. The lowest BCUT2D eigenvalue weighted by Crippen LogP contribution is -2.39. The molecule has 1 fully saturated rings. The Morgan fingerprint density at radius 1 is 1.14 bits per heavy atom. The molecule has 0 radical (unpaired) electrons. The molecule has 1 aliphatic heterocycles. The van der Waals surface area contributed by atoms with Gasteiger partial charge in [0.25, 0.3) is 5.91 Å². The van der Waals surface area contributed by atoms with E-state index in [-0.39, 0.29) is 11.8 Å². The van der Waals surface area contributed by atoms with Crippen LogP contribution in [0, 0.1) is 6.92 Å². The monoisotopic (exact) mass is 391 g/mol. The number of carbonyl (C=O) groups is 1. The number of likely N-dealkylation sites (tertiary alicyclic amines) is 1. The number of nitrogens with zero attached hydrogens (tertiary/aromatic N) is 3. The van der Waals surface area contributed by atoms with Crippen LogP contribution in [0.15, 0.2) is 60.8 Å². The van der Waals surface area contributed by atoms with E-state index in [9.17, 15) is 4.79 Å². The van der Waals surface area contributed by atoms with Crippen LogP contribution in [0.4, 0.5) is 0 Å². The lowest BCUT2D eigenvalue weighted by molar-refractivity contribution is 0.0706. The Morgan fingerprint density at radius 3 is 2.75 bits per heavy atom. The van der Waals surface area contributed by atoms with Crippen molar-refractivity contribution in [1.82, 2.24) is 14.9 Å². The molecule has 4 rings (SSSR count). The number of benzene rings is 2. The van der Waals surface area contributed by atoms with Crippen molar-refractivity contribution in [1.29, 1.82) is 0 Å². The fourth-order valence-electron chi connectivity index (χ4n) is 3.65. The molecule has 28 heavy (non-hydrogen) atoms. The highest BCUT2D eigenvalue weighted by atomic mass is 35.5. The van der Waals surface area contributed by atoms with E-state index >= 15 is 0 Å². The largest absolute Gasteiger partial charge is 0.338 e. The number of hydrogen-bond donors (Lipinski definition) is 0. The molecule has 1 atom stereocenters. The van der Waals surface area contributed by atoms with Gasteiger partial charge in [0, 0.05) is 47.0 Å². The lowest BCUT2D eigenvalue weighted by Gasteiger charge is -2.32. The van der Waals surface area contributed by atoms with Crippen LogP contribution in [0.3, 0.4) is 0 Å². The van der Waals surface area contributed by atoms with Crippen LogP contribution in [0.1, 0.15) is 40.4 Å². The van der Waals surface area contributed by atoms with Crippen LogP contribution in [0.25, 0.3) is 11.4 Å². The molecular formula is C23H22ClN3O. The molecule has 1 amide bonds. The van der Waals surface area contributed by atoms with Gasteiger partial charge in [-0.25, -0.2) is 9.97 Å². The molecule has 0 bridgehead atoms. The summed E-state index contributed by atoms with van der Waals surface area (Å²) < 4.78 is 0. The van der Waals surface area contributed by atoms with Crippen molar-refractivity contribution in [2.45, 2.75) is 25.7 Å². The summed E-state index contributed by atoms with van der Waals surface area (Å²) in [5.41, 5.74) is 3.85. The average Bonchev–Trinajstić information content (AvgIpc) is 2.74. The molecule has 4 nitrogen and oxygen atoms in total. The zero-order chi connectivity index (χ0) is 19.5. The predicted molar refractivity (Wildman–Crippen MR) is 112 cm³/mol. The first kappa shape index (κ1) is 18.6. The summed E-state index contributed by atoms with van der Waals surface area (Å²) in [6.45, 7) is 3.49. The van der Waals surface area contributed by atoms with E-state index in [1.165, 1.54) is 5.56 Å². The maximum Gasteiger partial charge on any atom is 0.253 e. The molecule has 1 aliphatic rings. The Labute approximate surface area is 170 Å². The minimum atomic E-state index is 0.0278. The van der Waals surface area contributed by atoms with Crippen molar-refractivity contribution in [2.24, 2.45) is 0 Å². The molecule has 2 heterocycles. The molecule has 1 unspecified atom stereocenters. The van der Waals surface area contributed by atoms with Gasteiger partial charge in [0.05, 0.1) is 0 Å². The Bertz CT molecular complexity index is 987. The zero-order valence-corrected chi connectivity index (χ0v) is 16.6. The number of hydrogen-bond acceptors (Lipinski definition) is 3. The zero-order valence-electron chi connectivity index (χ0n) is 15.8. The molecule has 1 aromatic heterocycles. The number of carbonyl (C=O) groups excluding carboxylic acids is 1. The van der Waals surface area contributed by atoms with Gasteiger partial charge in [-0.2, -0.15) is 0 Å². The van der Waals surface area contributed by atoms with E-state index in [1.807, 2.05) is 41.4 Å². The number of aromatic nitrogens is 2. The van der Waals surface area contributed by atoms with Gasteiger partial charge in [0.15, 0.2) is 5.82 Å². The first-order chi connectivity index (χ1) is 13.6. The van der Waals surface area contributed by atoms with E-state index in [2.05, 4.69) is 24.0 Å². The summed E-state index contributed by atoms with van der Waals surface area (Å²) in [6, 6.07) is 17.3. The number of aryl methyl sites for hydroxylation is 1. The van der Waals surface area contributed by atoms with Crippen molar-refractivity contribution in [3.05, 3.63) is 82.6 Å². The standard InChI is InChI=1S/C23H22ClN3O/c1-16-7-9-17(10-8-16)22-25-12-11-21(26-22)19-5-3-13-27(15-19)23(28)18-4-2-6-20(24)14-18/h2,4,6-12,14,19H,3,5,13,15H2,1H3. The van der Waals surface area contributed by atoms with Crippen molar-refractivity contribution in [3.8, 4) is 11.4 Å². The Balaban J connectivity index is 1.54. The third kappa shape index (κ3) is 4.07. The van der Waals surface area contributed by atoms with Crippen LogP contribution in [-0.4, -0.2) is 33.9 Å². The summed E-state index contributed by atoms with van der Waals surface area (Å²) in [5, 5.41) is 0.581. The van der Waals surface area contributed by atoms with Crippen molar-refractivity contribution < 1.29 is 4.79 Å². The third-order valence-electron chi connectivity index (χ3n) is 5.19. The minimum Gasteiger partial charge on any atom is -0.338 e. The second-order valence-corrected chi connectivity index (χ2v) is 7.71. The third-order valence-corrected chi connectivity index (χ3v) is 5.42. The van der Waals surface area contributed by atoms with Gasteiger partial charge in [-0.15, -0.1) is 0 Å². The van der Waals surface area contributed by atoms with E-state index < -0.39 is 0 Å². The highest BCUT2D eigenvalue weighted by molar-refractivity contribution is 6.30. The summed E-state index contributed by atoms with van der Waals surface area (Å²) in [7, 11) is 0. The smallest absolute Gasteiger partial charge is 0.253 e. The summed E-state index contributed by atoms with van der Waals surface area (Å²) in [5.74, 6) is 0.972. The summed E-state index contributed by atoms with van der Waals surface area (Å²) in [4.78, 5) is 24.0. The molecule has 0 aliphatic carbocycles. The topological polar surface area (TPSA) is 46.1 Å². The first-order valence-corrected chi connectivity index (χ1v) is 9.93. The van der Waals surface area contributed by atoms with Crippen LogP contribution in [0.5, 0.6) is 0 Å². The SMILES string of the molecule is Cc1ccc(-c2nccc(C3CCCN(C(=O)c4cccc(Cl)c4)C3)n2)cc1. The van der Waals surface area contributed by atoms with Crippen molar-refractivity contribution in [2.75, 3.05) is 13.1 Å². The highest BCUT2D eigenvalue weighted by Crippen LogP contribution is 2.28. The predicted octanol–water partition coefficient (Wildman–Crippen LogP) is 5.13. The van der Waals surface area contributed by atoms with Gasteiger partial charge in [-0.3, -0.25) is 4.79 Å². The second-order valence-electron chi connectivity index (χ2n) is 7.27. The van der Waals surface area contributed by atoms with Gasteiger partial charge in [0.1, 0.15) is 0 Å². The quantitative estimate of drug-likeness (QED) is 0.622. The average molecular weight is 392 g/mol. The molecule has 2 aromatic carbocycles. The first-order valence-electron chi connectivity index (χ1n) is 9.55. The molecule has 5 heteroatoms. The summed E-state index contributed by atoms with van der Waals surface area (Å²) >= 11 is 6.05. The van der Waals surface area contributed by atoms with E-state index in [0.717, 1.165) is 36.5 Å². The van der Waals surface area contributed by atoms with E-state index in [4.69, 9.17) is 16.6 Å². The van der Waals surface area contributed by atoms with Crippen LogP contribution < -0.4 is 0 Å². The maximum absolute atomic E-state index is 12.9. The van der Waals surface area contributed by atoms with Gasteiger partial charge in [-0.1, -0.05) is 47.5 Å². The summed E-state index contributed by atoms with van der Waals surface area (Å²) in [6.07, 6.45) is 3.79. The van der Waals surface area contributed by atoms with Gasteiger partial charge in [0.2, 0.25) is 0 Å². The van der Waals surface area contributed by atoms with Gasteiger partial charge < -0.3 is 4.90 Å². The molecule has 0 saturated carbocycles. The van der Waals surface area contributed by atoms with Crippen LogP contribution in [0.2, 0.25) is 5.02 Å². The van der Waals surface area contributed by atoms with Crippen molar-refractivity contribution >= 4 is 17.5 Å². The number of halogens is 1.